The van der Waals surface area contributed by atoms with E-state index in [1.165, 1.54) is 25.7 Å². The molecule has 0 saturated heterocycles. The third-order valence-electron chi connectivity index (χ3n) is 3.57. The zero-order valence-corrected chi connectivity index (χ0v) is 5.91. The van der Waals surface area contributed by atoms with Crippen molar-refractivity contribution in [2.75, 3.05) is 0 Å². The first kappa shape index (κ1) is 4.54. The minimum absolute atomic E-state index is 0.723. The quantitative estimate of drug-likeness (QED) is 0.431. The monoisotopic (exact) mass is 120 g/mol. The molecule has 1 saturated carbocycles. The lowest BCUT2D eigenvalue weighted by Crippen LogP contribution is -2.21. The average Bonchev–Trinajstić information content (AvgIpc) is 2.35. The van der Waals surface area contributed by atoms with Gasteiger partial charge in [-0.2, -0.15) is 0 Å². The molecule has 3 rings (SSSR count). The molecule has 0 aromatic rings. The Balaban J connectivity index is 2.05. The van der Waals surface area contributed by atoms with Gasteiger partial charge in [0.1, 0.15) is 0 Å². The molecule has 0 N–H and O–H groups in total. The molecule has 0 aliphatic heterocycles. The van der Waals surface area contributed by atoms with E-state index in [4.69, 9.17) is 0 Å². The standard InChI is InChI=1S/C9H12/c1-9-5-6-3-2-4-7(9)8(6)9/h6H,2-5H2,1H3. The molecule has 0 amide bonds. The lowest BCUT2D eigenvalue weighted by atomic mass is 9.73. The van der Waals surface area contributed by atoms with Gasteiger partial charge in [0.15, 0.2) is 0 Å². The van der Waals surface area contributed by atoms with E-state index in [2.05, 4.69) is 6.92 Å². The van der Waals surface area contributed by atoms with Gasteiger partial charge < -0.3 is 0 Å². The molecule has 2 unspecified atom stereocenters. The van der Waals surface area contributed by atoms with E-state index in [-0.39, 0.29) is 0 Å². The maximum absolute atomic E-state index is 2.43. The van der Waals surface area contributed by atoms with Gasteiger partial charge in [-0.1, -0.05) is 18.1 Å². The van der Waals surface area contributed by atoms with E-state index in [9.17, 15) is 0 Å². The molecular weight excluding hydrogens is 108 g/mol. The van der Waals surface area contributed by atoms with Crippen LogP contribution < -0.4 is 0 Å². The van der Waals surface area contributed by atoms with E-state index in [1.54, 1.807) is 0 Å². The molecule has 0 heteroatoms. The third-order valence-corrected chi connectivity index (χ3v) is 3.57. The first-order valence-electron chi connectivity index (χ1n) is 4.06. The Morgan fingerprint density at radius 2 is 2.44 bits per heavy atom. The van der Waals surface area contributed by atoms with Crippen molar-refractivity contribution in [3.05, 3.63) is 11.1 Å². The molecule has 0 aromatic heterocycles. The smallest absolute Gasteiger partial charge is 0.0107 e. The summed E-state index contributed by atoms with van der Waals surface area (Å²) in [6.45, 7) is 2.43. The van der Waals surface area contributed by atoms with Crippen LogP contribution in [0.1, 0.15) is 32.6 Å². The van der Waals surface area contributed by atoms with Crippen molar-refractivity contribution in [2.45, 2.75) is 32.6 Å². The highest BCUT2D eigenvalue weighted by molar-refractivity contribution is 5.57. The molecule has 0 aromatic carbocycles. The number of allylic oxidation sites excluding steroid dienone is 2. The number of fused-ring (bicyclic) bond motifs is 1. The van der Waals surface area contributed by atoms with Gasteiger partial charge in [-0.3, -0.25) is 0 Å². The van der Waals surface area contributed by atoms with E-state index in [0.29, 0.717) is 0 Å². The summed E-state index contributed by atoms with van der Waals surface area (Å²) < 4.78 is 0. The van der Waals surface area contributed by atoms with E-state index >= 15 is 0 Å². The first-order valence-corrected chi connectivity index (χ1v) is 4.06. The largest absolute Gasteiger partial charge is 0.0598 e. The molecule has 2 atom stereocenters. The van der Waals surface area contributed by atoms with Gasteiger partial charge >= 0.3 is 0 Å². The Morgan fingerprint density at radius 1 is 1.56 bits per heavy atom. The van der Waals surface area contributed by atoms with E-state index < -0.39 is 0 Å². The summed E-state index contributed by atoms with van der Waals surface area (Å²) in [5, 5.41) is 0. The van der Waals surface area contributed by atoms with Crippen molar-refractivity contribution >= 4 is 0 Å². The van der Waals surface area contributed by atoms with Crippen LogP contribution in [0.4, 0.5) is 0 Å². The molecule has 0 radical (unpaired) electrons. The summed E-state index contributed by atoms with van der Waals surface area (Å²) in [6.07, 6.45) is 5.95. The van der Waals surface area contributed by atoms with Gasteiger partial charge in [-0.05, 0) is 31.6 Å². The topological polar surface area (TPSA) is 0 Å². The Hall–Kier alpha value is -0.260. The molecule has 0 bridgehead atoms. The van der Waals surface area contributed by atoms with Gasteiger partial charge in [0.25, 0.3) is 0 Å². The lowest BCUT2D eigenvalue weighted by molar-refractivity contribution is 0.320. The summed E-state index contributed by atoms with van der Waals surface area (Å²) in [7, 11) is 0. The van der Waals surface area contributed by atoms with Crippen molar-refractivity contribution in [1.82, 2.24) is 0 Å². The molecule has 3 aliphatic carbocycles. The SMILES string of the molecule is CC12CC3CCCC1=C32. The highest BCUT2D eigenvalue weighted by atomic mass is 14.7. The fourth-order valence-corrected chi connectivity index (χ4v) is 3.09. The highest BCUT2D eigenvalue weighted by Gasteiger charge is 2.61. The van der Waals surface area contributed by atoms with Crippen LogP contribution in [-0.4, -0.2) is 0 Å². The second-order valence-corrected chi connectivity index (χ2v) is 4.02. The Morgan fingerprint density at radius 3 is 3.11 bits per heavy atom. The lowest BCUT2D eigenvalue weighted by Gasteiger charge is -2.30. The molecule has 0 spiro atoms. The van der Waals surface area contributed by atoms with Crippen LogP contribution in [0.3, 0.4) is 0 Å². The molecule has 1 fully saturated rings. The normalized spacial score (nSPS) is 52.3. The van der Waals surface area contributed by atoms with Crippen LogP contribution in [0.15, 0.2) is 11.1 Å². The highest BCUT2D eigenvalue weighted by Crippen LogP contribution is 2.74. The van der Waals surface area contributed by atoms with Crippen molar-refractivity contribution < 1.29 is 0 Å². The first-order chi connectivity index (χ1) is 4.32. The average molecular weight is 120 g/mol. The van der Waals surface area contributed by atoms with E-state index in [1.807, 2.05) is 11.1 Å². The van der Waals surface area contributed by atoms with Crippen molar-refractivity contribution in [1.29, 1.82) is 0 Å². The van der Waals surface area contributed by atoms with Crippen LogP contribution in [0.5, 0.6) is 0 Å². The predicted octanol–water partition coefficient (Wildman–Crippen LogP) is 2.51. The molecule has 0 nitrogen and oxygen atoms in total. The summed E-state index contributed by atoms with van der Waals surface area (Å²) in [5.41, 5.74) is 4.47. The fourth-order valence-electron chi connectivity index (χ4n) is 3.09. The molecular formula is C9H12. The summed E-state index contributed by atoms with van der Waals surface area (Å²) in [6, 6.07) is 0. The summed E-state index contributed by atoms with van der Waals surface area (Å²) in [5.74, 6) is 1.07. The van der Waals surface area contributed by atoms with Crippen LogP contribution >= 0.6 is 0 Å². The minimum atomic E-state index is 0.723. The Labute approximate surface area is 56.0 Å². The summed E-state index contributed by atoms with van der Waals surface area (Å²) >= 11 is 0. The Kier molecular flexibility index (Phi) is 0.505. The van der Waals surface area contributed by atoms with Gasteiger partial charge in [0.05, 0.1) is 0 Å². The minimum Gasteiger partial charge on any atom is -0.0598 e. The zero-order valence-electron chi connectivity index (χ0n) is 5.91. The van der Waals surface area contributed by atoms with Gasteiger partial charge in [0, 0.05) is 5.41 Å². The van der Waals surface area contributed by atoms with Crippen molar-refractivity contribution in [3.63, 3.8) is 0 Å². The van der Waals surface area contributed by atoms with Crippen LogP contribution in [-0.2, 0) is 0 Å². The van der Waals surface area contributed by atoms with E-state index in [0.717, 1.165) is 11.3 Å². The maximum Gasteiger partial charge on any atom is 0.0107 e. The predicted molar refractivity (Wildman–Crippen MR) is 37.1 cm³/mol. The Bertz CT molecular complexity index is 204. The van der Waals surface area contributed by atoms with Gasteiger partial charge in [-0.25, -0.2) is 0 Å². The molecule has 0 heterocycles. The second kappa shape index (κ2) is 1.00. The van der Waals surface area contributed by atoms with Gasteiger partial charge in [0.2, 0.25) is 0 Å². The number of hydrogen-bond donors (Lipinski definition) is 0. The number of hydrogen-bond acceptors (Lipinski definition) is 0. The van der Waals surface area contributed by atoms with Crippen LogP contribution in [0, 0.1) is 11.3 Å². The third kappa shape index (κ3) is 0.309. The molecule has 48 valence electrons. The molecule has 9 heavy (non-hydrogen) atoms. The zero-order chi connectivity index (χ0) is 6.06. The van der Waals surface area contributed by atoms with Crippen LogP contribution in [0.25, 0.3) is 0 Å². The molecule has 3 aliphatic rings. The van der Waals surface area contributed by atoms with Gasteiger partial charge in [-0.15, -0.1) is 0 Å². The van der Waals surface area contributed by atoms with Crippen molar-refractivity contribution in [3.8, 4) is 0 Å². The second-order valence-electron chi connectivity index (χ2n) is 4.02. The van der Waals surface area contributed by atoms with Crippen molar-refractivity contribution in [2.24, 2.45) is 11.3 Å². The van der Waals surface area contributed by atoms with Crippen LogP contribution in [0.2, 0.25) is 0 Å². The fraction of sp³-hybridized carbons (Fsp3) is 0.778. The summed E-state index contributed by atoms with van der Waals surface area (Å²) in [4.78, 5) is 0. The number of rotatable bonds is 0. The maximum atomic E-state index is 2.43.